The molecule has 0 bridgehead atoms. The molecule has 1 atom stereocenters. The Balaban J connectivity index is 2.27. The average Bonchev–Trinajstić information content (AvgIpc) is 2.37. The molecule has 0 fully saturated rings. The van der Waals surface area contributed by atoms with Gasteiger partial charge in [0, 0.05) is 32.3 Å². The normalized spacial score (nSPS) is 18.9. The van der Waals surface area contributed by atoms with E-state index < -0.39 is 0 Å². The highest BCUT2D eigenvalue weighted by molar-refractivity contribution is 5.34. The summed E-state index contributed by atoms with van der Waals surface area (Å²) in [5, 5.41) is 0. The van der Waals surface area contributed by atoms with Crippen LogP contribution in [0.15, 0.2) is 6.20 Å². The fourth-order valence-corrected chi connectivity index (χ4v) is 2.51. The molecule has 4 heteroatoms. The van der Waals surface area contributed by atoms with Crippen LogP contribution in [-0.4, -0.2) is 30.1 Å². The number of nitrogens with two attached hydrogens (primary N) is 1. The van der Waals surface area contributed by atoms with Gasteiger partial charge < -0.3 is 10.6 Å². The lowest BCUT2D eigenvalue weighted by molar-refractivity contribution is 0.522. The molecule has 1 aromatic heterocycles. The van der Waals surface area contributed by atoms with Crippen molar-refractivity contribution in [1.29, 1.82) is 0 Å². The number of rotatable bonds is 4. The second-order valence-electron chi connectivity index (χ2n) is 4.79. The van der Waals surface area contributed by atoms with Crippen LogP contribution in [0.1, 0.15) is 43.4 Å². The van der Waals surface area contributed by atoms with Gasteiger partial charge in [0.1, 0.15) is 0 Å². The van der Waals surface area contributed by atoms with E-state index in [4.69, 9.17) is 10.7 Å². The Labute approximate surface area is 103 Å². The van der Waals surface area contributed by atoms with E-state index in [1.54, 1.807) is 0 Å². The minimum atomic E-state index is 0.617. The largest absolute Gasteiger partial charge is 0.343 e. The van der Waals surface area contributed by atoms with Gasteiger partial charge in [-0.2, -0.15) is 0 Å². The molecule has 0 spiro atoms. The Morgan fingerprint density at radius 3 is 3.06 bits per heavy atom. The summed E-state index contributed by atoms with van der Waals surface area (Å²) in [5.41, 5.74) is 8.17. The monoisotopic (exact) mass is 234 g/mol. The van der Waals surface area contributed by atoms with Crippen molar-refractivity contribution < 1.29 is 0 Å². The molecule has 0 amide bonds. The summed E-state index contributed by atoms with van der Waals surface area (Å²) < 4.78 is 0. The highest BCUT2D eigenvalue weighted by atomic mass is 15.2. The number of aryl methyl sites for hydroxylation is 1. The highest BCUT2D eigenvalue weighted by Crippen LogP contribution is 2.32. The summed E-state index contributed by atoms with van der Waals surface area (Å²) in [6, 6.07) is 0. The van der Waals surface area contributed by atoms with Crippen molar-refractivity contribution in [2.24, 2.45) is 5.73 Å². The lowest BCUT2D eigenvalue weighted by Crippen LogP contribution is -2.27. The van der Waals surface area contributed by atoms with Gasteiger partial charge in [-0.25, -0.2) is 9.97 Å². The summed E-state index contributed by atoms with van der Waals surface area (Å²) in [5.74, 6) is 1.43. The summed E-state index contributed by atoms with van der Waals surface area (Å²) in [6.45, 7) is 3.68. The van der Waals surface area contributed by atoms with Crippen molar-refractivity contribution in [1.82, 2.24) is 9.97 Å². The molecule has 0 aliphatic heterocycles. The SMILES string of the molecule is CCC1CCCc2cnc(N(C)CCN)nc21. The van der Waals surface area contributed by atoms with E-state index in [0.717, 1.165) is 18.9 Å². The molecule has 1 heterocycles. The quantitative estimate of drug-likeness (QED) is 0.861. The second-order valence-corrected chi connectivity index (χ2v) is 4.79. The first-order valence-corrected chi connectivity index (χ1v) is 6.53. The van der Waals surface area contributed by atoms with Crippen molar-refractivity contribution >= 4 is 5.95 Å². The van der Waals surface area contributed by atoms with E-state index in [9.17, 15) is 0 Å². The average molecular weight is 234 g/mol. The molecule has 2 N–H and O–H groups in total. The van der Waals surface area contributed by atoms with Crippen molar-refractivity contribution in [2.45, 2.75) is 38.5 Å². The zero-order chi connectivity index (χ0) is 12.3. The van der Waals surface area contributed by atoms with Crippen LogP contribution in [0.2, 0.25) is 0 Å². The zero-order valence-electron chi connectivity index (χ0n) is 10.8. The first kappa shape index (κ1) is 12.3. The molecular weight excluding hydrogens is 212 g/mol. The lowest BCUT2D eigenvalue weighted by Gasteiger charge is -2.25. The Kier molecular flexibility index (Phi) is 3.94. The second kappa shape index (κ2) is 5.45. The molecule has 0 aromatic carbocycles. The third-order valence-corrected chi connectivity index (χ3v) is 3.57. The zero-order valence-corrected chi connectivity index (χ0v) is 10.8. The van der Waals surface area contributed by atoms with Gasteiger partial charge in [-0.05, 0) is 31.2 Å². The molecule has 94 valence electrons. The predicted octanol–water partition coefficient (Wildman–Crippen LogP) is 1.70. The van der Waals surface area contributed by atoms with Crippen molar-refractivity contribution in [3.8, 4) is 0 Å². The van der Waals surface area contributed by atoms with E-state index >= 15 is 0 Å². The first-order valence-electron chi connectivity index (χ1n) is 6.53. The smallest absolute Gasteiger partial charge is 0.225 e. The van der Waals surface area contributed by atoms with Crippen LogP contribution in [0.5, 0.6) is 0 Å². The number of aromatic nitrogens is 2. The van der Waals surface area contributed by atoms with Gasteiger partial charge in [-0.1, -0.05) is 6.92 Å². The molecule has 1 aliphatic carbocycles. The molecule has 0 saturated heterocycles. The molecule has 0 radical (unpaired) electrons. The summed E-state index contributed by atoms with van der Waals surface area (Å²) >= 11 is 0. The van der Waals surface area contributed by atoms with Crippen LogP contribution in [-0.2, 0) is 6.42 Å². The molecular formula is C13H22N4. The van der Waals surface area contributed by atoms with Gasteiger partial charge in [-0.15, -0.1) is 0 Å². The Morgan fingerprint density at radius 1 is 1.53 bits per heavy atom. The minimum Gasteiger partial charge on any atom is -0.343 e. The van der Waals surface area contributed by atoms with Crippen molar-refractivity contribution in [3.63, 3.8) is 0 Å². The van der Waals surface area contributed by atoms with Crippen LogP contribution < -0.4 is 10.6 Å². The van der Waals surface area contributed by atoms with E-state index in [0.29, 0.717) is 12.5 Å². The molecule has 0 saturated carbocycles. The van der Waals surface area contributed by atoms with Crippen LogP contribution in [0.4, 0.5) is 5.95 Å². The molecule has 17 heavy (non-hydrogen) atoms. The first-order chi connectivity index (χ1) is 8.26. The van der Waals surface area contributed by atoms with Crippen molar-refractivity contribution in [2.75, 3.05) is 25.0 Å². The number of fused-ring (bicyclic) bond motifs is 1. The van der Waals surface area contributed by atoms with Crippen LogP contribution in [0.3, 0.4) is 0 Å². The summed E-state index contributed by atoms with van der Waals surface area (Å²) in [4.78, 5) is 11.2. The maximum absolute atomic E-state index is 5.56. The maximum atomic E-state index is 5.56. The number of anilines is 1. The fraction of sp³-hybridized carbons (Fsp3) is 0.692. The van der Waals surface area contributed by atoms with Gasteiger partial charge in [-0.3, -0.25) is 0 Å². The number of nitrogens with zero attached hydrogens (tertiary/aromatic N) is 3. The summed E-state index contributed by atoms with van der Waals surface area (Å²) in [6.07, 6.45) is 6.84. The van der Waals surface area contributed by atoms with Crippen molar-refractivity contribution in [3.05, 3.63) is 17.5 Å². The molecule has 1 unspecified atom stereocenters. The highest BCUT2D eigenvalue weighted by Gasteiger charge is 2.21. The maximum Gasteiger partial charge on any atom is 0.225 e. The minimum absolute atomic E-state index is 0.617. The molecule has 1 aliphatic rings. The van der Waals surface area contributed by atoms with Gasteiger partial charge >= 0.3 is 0 Å². The van der Waals surface area contributed by atoms with E-state index in [1.807, 2.05) is 18.1 Å². The topological polar surface area (TPSA) is 55.0 Å². The van der Waals surface area contributed by atoms with E-state index in [-0.39, 0.29) is 0 Å². The lowest BCUT2D eigenvalue weighted by atomic mass is 9.86. The van der Waals surface area contributed by atoms with Gasteiger partial charge in [0.15, 0.2) is 0 Å². The molecule has 2 rings (SSSR count). The fourth-order valence-electron chi connectivity index (χ4n) is 2.51. The van der Waals surface area contributed by atoms with Crippen LogP contribution >= 0.6 is 0 Å². The van der Waals surface area contributed by atoms with Crippen LogP contribution in [0, 0.1) is 0 Å². The van der Waals surface area contributed by atoms with Gasteiger partial charge in [0.25, 0.3) is 0 Å². The van der Waals surface area contributed by atoms with Crippen LogP contribution in [0.25, 0.3) is 0 Å². The Hall–Kier alpha value is -1.16. The molecule has 1 aromatic rings. The third-order valence-electron chi connectivity index (χ3n) is 3.57. The molecule has 4 nitrogen and oxygen atoms in total. The number of hydrogen-bond donors (Lipinski definition) is 1. The Bertz CT molecular complexity index is 378. The third kappa shape index (κ3) is 2.57. The van der Waals surface area contributed by atoms with E-state index in [1.165, 1.54) is 30.5 Å². The number of likely N-dealkylation sites (N-methyl/N-ethyl adjacent to an activating group) is 1. The van der Waals surface area contributed by atoms with E-state index in [2.05, 4.69) is 11.9 Å². The standard InChI is InChI=1S/C13H22N4/c1-3-10-5-4-6-11-9-15-13(16-12(10)11)17(2)8-7-14/h9-10H,3-8,14H2,1-2H3. The number of hydrogen-bond acceptors (Lipinski definition) is 4. The van der Waals surface area contributed by atoms with Gasteiger partial charge in [0.2, 0.25) is 5.95 Å². The Morgan fingerprint density at radius 2 is 2.35 bits per heavy atom. The summed E-state index contributed by atoms with van der Waals surface area (Å²) in [7, 11) is 2.00. The predicted molar refractivity (Wildman–Crippen MR) is 70.3 cm³/mol. The van der Waals surface area contributed by atoms with Gasteiger partial charge in [0.05, 0.1) is 5.69 Å².